The number of nitrogens with zero attached hydrogens (tertiary/aromatic N) is 3. The Kier molecular flexibility index (Phi) is 3.51. The molecule has 1 amide bonds. The maximum absolute atomic E-state index is 12.3. The summed E-state index contributed by atoms with van der Waals surface area (Å²) in [5, 5.41) is 14.4. The molecule has 2 heterocycles. The Morgan fingerprint density at radius 2 is 2.05 bits per heavy atom. The Hall–Kier alpha value is -2.14. The molecule has 0 spiro atoms. The first-order valence-electron chi connectivity index (χ1n) is 7.23. The Morgan fingerprint density at radius 3 is 2.71 bits per heavy atom. The summed E-state index contributed by atoms with van der Waals surface area (Å²) in [4.78, 5) is 14.0. The third-order valence-corrected chi connectivity index (χ3v) is 3.82. The highest BCUT2D eigenvalue weighted by Crippen LogP contribution is 2.27. The van der Waals surface area contributed by atoms with Crippen molar-refractivity contribution in [2.24, 2.45) is 0 Å². The normalized spacial score (nSPS) is 16.6. The van der Waals surface area contributed by atoms with Crippen molar-refractivity contribution < 1.29 is 9.90 Å². The Bertz CT molecular complexity index is 630. The molecule has 0 aliphatic carbocycles. The van der Waals surface area contributed by atoms with E-state index < -0.39 is 5.60 Å². The Balaban J connectivity index is 1.69. The van der Waals surface area contributed by atoms with Crippen molar-refractivity contribution >= 4 is 5.91 Å². The van der Waals surface area contributed by atoms with Crippen LogP contribution in [0.3, 0.4) is 0 Å². The number of benzene rings is 1. The van der Waals surface area contributed by atoms with Crippen LogP contribution in [0, 0.1) is 0 Å². The molecule has 1 fully saturated rings. The maximum atomic E-state index is 12.3. The fourth-order valence-electron chi connectivity index (χ4n) is 2.77. The van der Waals surface area contributed by atoms with Gasteiger partial charge >= 0.3 is 0 Å². The van der Waals surface area contributed by atoms with Gasteiger partial charge in [-0.3, -0.25) is 4.79 Å². The second kappa shape index (κ2) is 5.33. The van der Waals surface area contributed by atoms with Crippen molar-refractivity contribution in [2.45, 2.75) is 25.4 Å². The molecule has 5 heteroatoms. The maximum Gasteiger partial charge on any atom is 0.257 e. The Morgan fingerprint density at radius 1 is 1.33 bits per heavy atom. The molecule has 0 bridgehead atoms. The number of carbonyl (C=O) groups excluding carboxylic acids is 1. The number of carbonyl (C=O) groups is 1. The van der Waals surface area contributed by atoms with Gasteiger partial charge in [0.15, 0.2) is 0 Å². The van der Waals surface area contributed by atoms with Crippen molar-refractivity contribution in [3.05, 3.63) is 48.3 Å². The predicted octanol–water partition coefficient (Wildman–Crippen LogP) is 1.86. The summed E-state index contributed by atoms with van der Waals surface area (Å²) in [5.41, 5.74) is 0.778. The first kappa shape index (κ1) is 13.8. The minimum atomic E-state index is -0.695. The van der Waals surface area contributed by atoms with E-state index >= 15 is 0 Å². The lowest BCUT2D eigenvalue weighted by Crippen LogP contribution is -2.63. The monoisotopic (exact) mass is 285 g/mol. The van der Waals surface area contributed by atoms with Crippen molar-refractivity contribution in [1.29, 1.82) is 0 Å². The van der Waals surface area contributed by atoms with Crippen LogP contribution in [0.2, 0.25) is 0 Å². The molecule has 0 radical (unpaired) electrons. The summed E-state index contributed by atoms with van der Waals surface area (Å²) < 4.78 is 1.69. The summed E-state index contributed by atoms with van der Waals surface area (Å²) in [5.74, 6) is -0.0713. The predicted molar refractivity (Wildman–Crippen MR) is 79.3 cm³/mol. The van der Waals surface area contributed by atoms with E-state index in [9.17, 15) is 9.90 Å². The molecule has 0 atom stereocenters. The molecule has 2 aromatic rings. The van der Waals surface area contributed by atoms with Crippen LogP contribution in [0.5, 0.6) is 0 Å². The lowest BCUT2D eigenvalue weighted by Gasteiger charge is -2.46. The zero-order chi connectivity index (χ0) is 14.9. The van der Waals surface area contributed by atoms with E-state index in [0.29, 0.717) is 18.7 Å². The highest BCUT2D eigenvalue weighted by Gasteiger charge is 2.43. The van der Waals surface area contributed by atoms with Crippen molar-refractivity contribution in [3.63, 3.8) is 0 Å². The van der Waals surface area contributed by atoms with Gasteiger partial charge in [-0.25, -0.2) is 4.68 Å². The Labute approximate surface area is 123 Å². The minimum absolute atomic E-state index is 0.0713. The van der Waals surface area contributed by atoms with Crippen LogP contribution in [0.1, 0.15) is 30.1 Å². The van der Waals surface area contributed by atoms with E-state index in [4.69, 9.17) is 0 Å². The highest BCUT2D eigenvalue weighted by molar-refractivity contribution is 5.94. The van der Waals surface area contributed by atoms with Crippen LogP contribution >= 0.6 is 0 Å². The molecule has 5 nitrogen and oxygen atoms in total. The van der Waals surface area contributed by atoms with E-state index in [-0.39, 0.29) is 5.91 Å². The molecule has 1 saturated heterocycles. The lowest BCUT2D eigenvalue weighted by atomic mass is 9.89. The molecule has 1 aromatic heterocycles. The number of para-hydroxylation sites is 1. The summed E-state index contributed by atoms with van der Waals surface area (Å²) in [6.07, 6.45) is 4.96. The van der Waals surface area contributed by atoms with Gasteiger partial charge in [0.2, 0.25) is 0 Å². The van der Waals surface area contributed by atoms with Crippen LogP contribution in [-0.4, -0.2) is 44.4 Å². The third kappa shape index (κ3) is 2.69. The number of hydrogen-bond donors (Lipinski definition) is 1. The smallest absolute Gasteiger partial charge is 0.257 e. The number of likely N-dealkylation sites (tertiary alicyclic amines) is 1. The SMILES string of the molecule is CCCC1(O)CN(C(=O)c2cnn(-c3ccccc3)c2)C1. The number of amides is 1. The van der Waals surface area contributed by atoms with E-state index in [1.54, 1.807) is 22.0 Å². The van der Waals surface area contributed by atoms with E-state index in [1.807, 2.05) is 37.3 Å². The van der Waals surface area contributed by atoms with Crippen molar-refractivity contribution in [2.75, 3.05) is 13.1 Å². The third-order valence-electron chi connectivity index (χ3n) is 3.82. The van der Waals surface area contributed by atoms with Gasteiger partial charge in [0, 0.05) is 6.20 Å². The van der Waals surface area contributed by atoms with Gasteiger partial charge < -0.3 is 10.0 Å². The fraction of sp³-hybridized carbons (Fsp3) is 0.375. The summed E-state index contributed by atoms with van der Waals surface area (Å²) >= 11 is 0. The molecule has 1 N–H and O–H groups in total. The zero-order valence-corrected chi connectivity index (χ0v) is 12.1. The molecule has 0 unspecified atom stereocenters. The van der Waals surface area contributed by atoms with E-state index in [1.165, 1.54) is 0 Å². The second-order valence-corrected chi connectivity index (χ2v) is 5.64. The first-order chi connectivity index (χ1) is 10.1. The van der Waals surface area contributed by atoms with Crippen molar-refractivity contribution in [1.82, 2.24) is 14.7 Å². The topological polar surface area (TPSA) is 58.4 Å². The fourth-order valence-corrected chi connectivity index (χ4v) is 2.77. The summed E-state index contributed by atoms with van der Waals surface area (Å²) in [6, 6.07) is 9.67. The molecular weight excluding hydrogens is 266 g/mol. The molecule has 1 aliphatic heterocycles. The van der Waals surface area contributed by atoms with Gasteiger partial charge in [-0.15, -0.1) is 0 Å². The number of rotatable bonds is 4. The average Bonchev–Trinajstić information content (AvgIpc) is 2.95. The average molecular weight is 285 g/mol. The van der Waals surface area contributed by atoms with Gasteiger partial charge in [-0.1, -0.05) is 31.5 Å². The number of β-amino-alcohol motifs (C(OH)–C–C–N with tert-alkyl or cyclic N) is 1. The molecule has 0 saturated carbocycles. The van der Waals surface area contributed by atoms with Gasteiger partial charge in [-0.2, -0.15) is 5.10 Å². The van der Waals surface area contributed by atoms with Crippen LogP contribution in [0.15, 0.2) is 42.7 Å². The zero-order valence-electron chi connectivity index (χ0n) is 12.1. The quantitative estimate of drug-likeness (QED) is 0.933. The standard InChI is InChI=1S/C16H19N3O2/c1-2-8-16(21)11-18(12-16)15(20)13-9-17-19(10-13)14-6-4-3-5-7-14/h3-7,9-10,21H,2,8,11-12H2,1H3. The molecule has 1 aliphatic rings. The lowest BCUT2D eigenvalue weighted by molar-refractivity contribution is -0.0860. The first-order valence-corrected chi connectivity index (χ1v) is 7.23. The van der Waals surface area contributed by atoms with Crippen LogP contribution in [0.4, 0.5) is 0 Å². The number of hydrogen-bond acceptors (Lipinski definition) is 3. The van der Waals surface area contributed by atoms with Crippen LogP contribution in [-0.2, 0) is 0 Å². The highest BCUT2D eigenvalue weighted by atomic mass is 16.3. The molecular formula is C16H19N3O2. The van der Waals surface area contributed by atoms with E-state index in [0.717, 1.165) is 18.5 Å². The van der Waals surface area contributed by atoms with Gasteiger partial charge in [0.1, 0.15) is 0 Å². The number of aliphatic hydroxyl groups is 1. The minimum Gasteiger partial charge on any atom is -0.386 e. The molecule has 3 rings (SSSR count). The molecule has 110 valence electrons. The molecule has 1 aromatic carbocycles. The van der Waals surface area contributed by atoms with Crippen molar-refractivity contribution in [3.8, 4) is 5.69 Å². The second-order valence-electron chi connectivity index (χ2n) is 5.64. The largest absolute Gasteiger partial charge is 0.386 e. The van der Waals surface area contributed by atoms with Crippen LogP contribution in [0.25, 0.3) is 5.69 Å². The number of aromatic nitrogens is 2. The van der Waals surface area contributed by atoms with Gasteiger partial charge in [0.25, 0.3) is 5.91 Å². The van der Waals surface area contributed by atoms with Crippen LogP contribution < -0.4 is 0 Å². The summed E-state index contributed by atoms with van der Waals surface area (Å²) in [7, 11) is 0. The van der Waals surface area contributed by atoms with Gasteiger partial charge in [0.05, 0.1) is 36.1 Å². The van der Waals surface area contributed by atoms with Gasteiger partial charge in [-0.05, 0) is 18.6 Å². The summed E-state index contributed by atoms with van der Waals surface area (Å²) in [6.45, 7) is 2.86. The molecule has 21 heavy (non-hydrogen) atoms. The van der Waals surface area contributed by atoms with E-state index in [2.05, 4.69) is 5.10 Å².